The molecule has 2 aromatic rings. The number of thiazole rings is 1. The van der Waals surface area contributed by atoms with Gasteiger partial charge in [0.1, 0.15) is 10.8 Å². The minimum absolute atomic E-state index is 0.576. The van der Waals surface area contributed by atoms with Gasteiger partial charge in [0.05, 0.1) is 12.8 Å². The molecule has 0 spiro atoms. The van der Waals surface area contributed by atoms with Gasteiger partial charge in [0, 0.05) is 22.9 Å². The summed E-state index contributed by atoms with van der Waals surface area (Å²) >= 11 is 1.85. The fourth-order valence-corrected chi connectivity index (χ4v) is 4.00. The van der Waals surface area contributed by atoms with E-state index in [1.54, 1.807) is 7.11 Å². The maximum atomic E-state index is 5.21. The van der Waals surface area contributed by atoms with E-state index < -0.39 is 0 Å². The Kier molecular flexibility index (Phi) is 4.03. The number of rotatable bonds is 4. The molecule has 3 nitrogen and oxygen atoms in total. The summed E-state index contributed by atoms with van der Waals surface area (Å²) in [5.74, 6) is 1.47. The first-order valence-electron chi connectivity index (χ1n) is 7.10. The topological polar surface area (TPSA) is 34.1 Å². The molecule has 0 amide bonds. The fraction of sp³-hybridized carbons (Fsp3) is 0.438. The van der Waals surface area contributed by atoms with Gasteiger partial charge in [-0.15, -0.1) is 11.3 Å². The van der Waals surface area contributed by atoms with Gasteiger partial charge in [-0.05, 0) is 50.6 Å². The molecule has 106 valence electrons. The second-order valence-electron chi connectivity index (χ2n) is 5.20. The lowest BCUT2D eigenvalue weighted by atomic mass is 9.91. The molecular weight excluding hydrogens is 268 g/mol. The molecule has 4 heteroatoms. The summed E-state index contributed by atoms with van der Waals surface area (Å²) in [4.78, 5) is 6.39. The fourth-order valence-electron chi connectivity index (χ4n) is 2.81. The Labute approximate surface area is 124 Å². The lowest BCUT2D eigenvalue weighted by molar-refractivity contribution is 0.415. The van der Waals surface area contributed by atoms with Crippen molar-refractivity contribution >= 4 is 11.3 Å². The zero-order valence-corrected chi connectivity index (χ0v) is 12.8. The predicted molar refractivity (Wildman–Crippen MR) is 83.7 cm³/mol. The third kappa shape index (κ3) is 2.58. The highest BCUT2D eigenvalue weighted by molar-refractivity contribution is 7.15. The molecule has 0 saturated heterocycles. The molecule has 1 aromatic heterocycles. The minimum Gasteiger partial charge on any atom is -0.497 e. The number of fused-ring (bicyclic) bond motifs is 1. The maximum absolute atomic E-state index is 5.21. The smallest absolute Gasteiger partial charge is 0.123 e. The summed E-state index contributed by atoms with van der Waals surface area (Å²) in [6.07, 6.45) is 3.71. The number of ether oxygens (including phenoxy) is 1. The van der Waals surface area contributed by atoms with Crippen molar-refractivity contribution in [2.75, 3.05) is 20.7 Å². The van der Waals surface area contributed by atoms with Gasteiger partial charge in [0.2, 0.25) is 0 Å². The van der Waals surface area contributed by atoms with Gasteiger partial charge in [0.15, 0.2) is 0 Å². The van der Waals surface area contributed by atoms with Crippen molar-refractivity contribution in [3.63, 3.8) is 0 Å². The number of likely N-dealkylation sites (N-methyl/N-ethyl adjacent to an activating group) is 1. The Bertz CT molecular complexity index is 577. The van der Waals surface area contributed by atoms with Crippen molar-refractivity contribution in [1.82, 2.24) is 10.3 Å². The third-order valence-corrected chi connectivity index (χ3v) is 5.04. The Morgan fingerprint density at radius 3 is 2.85 bits per heavy atom. The molecule has 1 aromatic carbocycles. The lowest BCUT2D eigenvalue weighted by Crippen LogP contribution is -2.20. The summed E-state index contributed by atoms with van der Waals surface area (Å²) in [7, 11) is 3.71. The highest BCUT2D eigenvalue weighted by Gasteiger charge is 2.24. The van der Waals surface area contributed by atoms with Crippen molar-refractivity contribution in [2.45, 2.75) is 25.2 Å². The van der Waals surface area contributed by atoms with Crippen molar-refractivity contribution in [1.29, 1.82) is 0 Å². The standard InChI is InChI=1S/C16H20N2OS/c1-17-10-12-4-3-5-14-15(12)18-16(20-14)11-6-8-13(19-2)9-7-11/h6-9,12,17H,3-5,10H2,1-2H3. The molecule has 0 bridgehead atoms. The van der Waals surface area contributed by atoms with Crippen molar-refractivity contribution in [3.8, 4) is 16.3 Å². The second-order valence-corrected chi connectivity index (χ2v) is 6.29. The van der Waals surface area contributed by atoms with Gasteiger partial charge >= 0.3 is 0 Å². The van der Waals surface area contributed by atoms with Crippen LogP contribution in [0.25, 0.3) is 10.6 Å². The SMILES string of the molecule is CNCC1CCCc2sc(-c3ccc(OC)cc3)nc21. The zero-order valence-electron chi connectivity index (χ0n) is 12.0. The molecule has 1 atom stereocenters. The molecule has 1 unspecified atom stereocenters. The Balaban J connectivity index is 1.91. The highest BCUT2D eigenvalue weighted by atomic mass is 32.1. The van der Waals surface area contributed by atoms with Gasteiger partial charge in [-0.1, -0.05) is 0 Å². The van der Waals surface area contributed by atoms with Crippen LogP contribution in [-0.2, 0) is 6.42 Å². The van der Waals surface area contributed by atoms with Crippen LogP contribution in [0.5, 0.6) is 5.75 Å². The molecule has 20 heavy (non-hydrogen) atoms. The average molecular weight is 288 g/mol. The zero-order chi connectivity index (χ0) is 13.9. The quantitative estimate of drug-likeness (QED) is 0.935. The van der Waals surface area contributed by atoms with Crippen molar-refractivity contribution in [3.05, 3.63) is 34.8 Å². The van der Waals surface area contributed by atoms with E-state index in [2.05, 4.69) is 17.4 Å². The molecule has 1 aliphatic rings. The molecule has 1 aliphatic carbocycles. The van der Waals surface area contributed by atoms with E-state index in [0.29, 0.717) is 5.92 Å². The van der Waals surface area contributed by atoms with Gasteiger partial charge in [-0.2, -0.15) is 0 Å². The van der Waals surface area contributed by atoms with Crippen LogP contribution in [-0.4, -0.2) is 25.7 Å². The monoisotopic (exact) mass is 288 g/mol. The number of nitrogens with one attached hydrogen (secondary N) is 1. The number of methoxy groups -OCH3 is 1. The number of aromatic nitrogens is 1. The van der Waals surface area contributed by atoms with Crippen molar-refractivity contribution < 1.29 is 4.74 Å². The molecule has 0 saturated carbocycles. The Morgan fingerprint density at radius 2 is 2.15 bits per heavy atom. The summed E-state index contributed by atoms with van der Waals surface area (Å²) < 4.78 is 5.21. The predicted octanol–water partition coefficient (Wildman–Crippen LogP) is 3.46. The first kappa shape index (κ1) is 13.6. The van der Waals surface area contributed by atoms with Crippen LogP contribution < -0.4 is 10.1 Å². The summed E-state index contributed by atoms with van der Waals surface area (Å²) in [6, 6.07) is 8.19. The van der Waals surface area contributed by atoms with Gasteiger partial charge < -0.3 is 10.1 Å². The van der Waals surface area contributed by atoms with Crippen LogP contribution in [0, 0.1) is 0 Å². The Morgan fingerprint density at radius 1 is 1.35 bits per heavy atom. The first-order valence-corrected chi connectivity index (χ1v) is 7.92. The molecule has 1 N–H and O–H groups in total. The van der Waals surface area contributed by atoms with E-state index in [1.807, 2.05) is 30.5 Å². The summed E-state index contributed by atoms with van der Waals surface area (Å²) in [5.41, 5.74) is 2.51. The number of hydrogen-bond acceptors (Lipinski definition) is 4. The van der Waals surface area contributed by atoms with E-state index in [0.717, 1.165) is 17.3 Å². The van der Waals surface area contributed by atoms with Crippen LogP contribution >= 0.6 is 11.3 Å². The van der Waals surface area contributed by atoms with Crippen LogP contribution in [0.1, 0.15) is 29.3 Å². The molecule has 3 rings (SSSR count). The molecular formula is C16H20N2OS. The molecule has 0 radical (unpaired) electrons. The molecule has 0 fully saturated rings. The van der Waals surface area contributed by atoms with Crippen molar-refractivity contribution in [2.24, 2.45) is 0 Å². The van der Waals surface area contributed by atoms with Crippen LogP contribution in [0.15, 0.2) is 24.3 Å². The lowest BCUT2D eigenvalue weighted by Gasteiger charge is -2.20. The molecule has 0 aliphatic heterocycles. The van der Waals surface area contributed by atoms with Crippen LogP contribution in [0.3, 0.4) is 0 Å². The number of aryl methyl sites for hydroxylation is 1. The maximum Gasteiger partial charge on any atom is 0.123 e. The largest absolute Gasteiger partial charge is 0.497 e. The normalized spacial score (nSPS) is 17.8. The average Bonchev–Trinajstić information content (AvgIpc) is 2.93. The van der Waals surface area contributed by atoms with Crippen LogP contribution in [0.4, 0.5) is 0 Å². The van der Waals surface area contributed by atoms with E-state index in [4.69, 9.17) is 9.72 Å². The third-order valence-electron chi connectivity index (χ3n) is 3.86. The number of benzene rings is 1. The Hall–Kier alpha value is -1.39. The summed E-state index contributed by atoms with van der Waals surface area (Å²) in [6.45, 7) is 1.03. The summed E-state index contributed by atoms with van der Waals surface area (Å²) in [5, 5.41) is 4.43. The van der Waals surface area contributed by atoms with E-state index in [9.17, 15) is 0 Å². The minimum atomic E-state index is 0.576. The molecule has 1 heterocycles. The number of hydrogen-bond donors (Lipinski definition) is 1. The van der Waals surface area contributed by atoms with E-state index in [-0.39, 0.29) is 0 Å². The second kappa shape index (κ2) is 5.94. The van der Waals surface area contributed by atoms with Gasteiger partial charge in [-0.3, -0.25) is 0 Å². The number of nitrogens with zero attached hydrogens (tertiary/aromatic N) is 1. The van der Waals surface area contributed by atoms with Gasteiger partial charge in [0.25, 0.3) is 0 Å². The van der Waals surface area contributed by atoms with Gasteiger partial charge in [-0.25, -0.2) is 4.98 Å². The van der Waals surface area contributed by atoms with E-state index >= 15 is 0 Å². The van der Waals surface area contributed by atoms with Crippen LogP contribution in [0.2, 0.25) is 0 Å². The highest BCUT2D eigenvalue weighted by Crippen LogP contribution is 2.38. The van der Waals surface area contributed by atoms with E-state index in [1.165, 1.54) is 35.4 Å². The first-order chi connectivity index (χ1) is 9.81.